The average Bonchev–Trinajstić information content (AvgIpc) is 2.26. The van der Waals surface area contributed by atoms with E-state index in [1.54, 1.807) is 7.11 Å². The van der Waals surface area contributed by atoms with Gasteiger partial charge in [0.25, 0.3) is 0 Å². The summed E-state index contributed by atoms with van der Waals surface area (Å²) in [6, 6.07) is 0. The first kappa shape index (κ1) is 20.6. The number of allylic oxidation sites excluding steroid dienone is 1. The van der Waals surface area contributed by atoms with E-state index in [-0.39, 0.29) is 17.2 Å². The number of hydrogen-bond acceptors (Lipinski definition) is 2. The Kier molecular flexibility index (Phi) is 8.15. The number of methoxy groups -OCH3 is 1. The topological polar surface area (TPSA) is 18.5 Å². The Morgan fingerprint density at radius 1 is 1.24 bits per heavy atom. The van der Waals surface area contributed by atoms with E-state index in [1.807, 2.05) is 0 Å². The molecule has 124 valence electrons. The van der Waals surface area contributed by atoms with Gasteiger partial charge in [-0.25, -0.2) is 0 Å². The smallest absolute Gasteiger partial charge is 0.192 e. The minimum absolute atomic E-state index is 0.133. The molecule has 0 N–H and O–H groups in total. The van der Waals surface area contributed by atoms with Gasteiger partial charge in [0.15, 0.2) is 8.32 Å². The third-order valence-electron chi connectivity index (χ3n) is 4.41. The highest BCUT2D eigenvalue weighted by atomic mass is 28.4. The summed E-state index contributed by atoms with van der Waals surface area (Å²) in [6.45, 7) is 21.7. The molecule has 0 aliphatic carbocycles. The lowest BCUT2D eigenvalue weighted by molar-refractivity contribution is 0.122. The average molecular weight is 313 g/mol. The van der Waals surface area contributed by atoms with Crippen LogP contribution in [0.1, 0.15) is 54.4 Å². The highest BCUT2D eigenvalue weighted by molar-refractivity contribution is 6.74. The van der Waals surface area contributed by atoms with Gasteiger partial charge in [-0.1, -0.05) is 32.4 Å². The van der Waals surface area contributed by atoms with Crippen molar-refractivity contribution in [2.75, 3.05) is 7.11 Å². The normalized spacial score (nSPS) is 16.7. The summed E-state index contributed by atoms with van der Waals surface area (Å²) in [5.41, 5.74) is 2.46. The summed E-state index contributed by atoms with van der Waals surface area (Å²) in [7, 11) is 0.0619. The summed E-state index contributed by atoms with van der Waals surface area (Å²) >= 11 is 0. The van der Waals surface area contributed by atoms with Crippen LogP contribution in [0.25, 0.3) is 0 Å². The van der Waals surface area contributed by atoms with Crippen LogP contribution in [0.2, 0.25) is 18.1 Å². The lowest BCUT2D eigenvalue weighted by Crippen LogP contribution is -2.43. The molecule has 3 heteroatoms. The molecule has 2 atom stereocenters. The van der Waals surface area contributed by atoms with Gasteiger partial charge in [-0.3, -0.25) is 0 Å². The molecule has 0 rings (SSSR count). The molecular formula is C18H36O2Si. The van der Waals surface area contributed by atoms with Crippen LogP contribution < -0.4 is 0 Å². The maximum atomic E-state index is 6.38. The zero-order valence-electron chi connectivity index (χ0n) is 15.7. The Morgan fingerprint density at radius 3 is 2.14 bits per heavy atom. The molecule has 0 saturated heterocycles. The first-order valence-electron chi connectivity index (χ1n) is 7.94. The van der Waals surface area contributed by atoms with E-state index < -0.39 is 8.32 Å². The predicted molar refractivity (Wildman–Crippen MR) is 96.3 cm³/mol. The van der Waals surface area contributed by atoms with Gasteiger partial charge in [-0.2, -0.15) is 0 Å². The Hall–Kier alpha value is -0.383. The number of ether oxygens (including phenoxy) is 1. The van der Waals surface area contributed by atoms with Crippen molar-refractivity contribution in [3.63, 3.8) is 0 Å². The lowest BCUT2D eigenvalue weighted by Gasteiger charge is -2.38. The van der Waals surface area contributed by atoms with Crippen LogP contribution >= 0.6 is 0 Å². The van der Waals surface area contributed by atoms with E-state index >= 15 is 0 Å². The van der Waals surface area contributed by atoms with Crippen molar-refractivity contribution in [3.05, 3.63) is 23.8 Å². The second kappa shape index (κ2) is 8.30. The molecule has 0 fully saturated rings. The minimum Gasteiger partial charge on any atom is -0.411 e. The molecule has 0 radical (unpaired) electrons. The Bertz CT molecular complexity index is 364. The molecule has 0 aliphatic heterocycles. The molecule has 0 unspecified atom stereocenters. The van der Waals surface area contributed by atoms with Crippen molar-refractivity contribution in [2.24, 2.45) is 0 Å². The lowest BCUT2D eigenvalue weighted by atomic mass is 10.0. The monoisotopic (exact) mass is 312 g/mol. The molecule has 0 amide bonds. The highest BCUT2D eigenvalue weighted by Crippen LogP contribution is 2.37. The molecule has 0 aromatic rings. The molecule has 0 spiro atoms. The van der Waals surface area contributed by atoms with E-state index in [2.05, 4.69) is 67.3 Å². The second-order valence-electron chi connectivity index (χ2n) is 7.71. The van der Waals surface area contributed by atoms with Crippen LogP contribution in [0.15, 0.2) is 23.8 Å². The maximum Gasteiger partial charge on any atom is 0.192 e. The van der Waals surface area contributed by atoms with Gasteiger partial charge in [0.2, 0.25) is 0 Å². The molecule has 0 heterocycles. The van der Waals surface area contributed by atoms with Crippen molar-refractivity contribution >= 4 is 8.32 Å². The van der Waals surface area contributed by atoms with Crippen LogP contribution in [0.5, 0.6) is 0 Å². The van der Waals surface area contributed by atoms with Crippen molar-refractivity contribution in [1.82, 2.24) is 0 Å². The summed E-state index contributed by atoms with van der Waals surface area (Å²) < 4.78 is 12.0. The van der Waals surface area contributed by atoms with Gasteiger partial charge in [-0.05, 0) is 57.3 Å². The fourth-order valence-corrected chi connectivity index (χ4v) is 3.41. The van der Waals surface area contributed by atoms with Gasteiger partial charge in [-0.15, -0.1) is 6.58 Å². The zero-order chi connectivity index (χ0) is 16.8. The fraction of sp³-hybridized carbons (Fsp3) is 0.778. The van der Waals surface area contributed by atoms with Crippen LogP contribution in [-0.2, 0) is 9.16 Å². The number of hydrogen-bond donors (Lipinski definition) is 0. The first-order valence-corrected chi connectivity index (χ1v) is 10.8. The van der Waals surface area contributed by atoms with E-state index in [1.165, 1.54) is 11.1 Å². The van der Waals surface area contributed by atoms with Gasteiger partial charge in [0.05, 0.1) is 12.2 Å². The second-order valence-corrected chi connectivity index (χ2v) is 12.5. The summed E-state index contributed by atoms with van der Waals surface area (Å²) in [5, 5.41) is 0.240. The molecule has 0 aromatic heterocycles. The highest BCUT2D eigenvalue weighted by Gasteiger charge is 2.38. The van der Waals surface area contributed by atoms with Crippen molar-refractivity contribution in [1.29, 1.82) is 0 Å². The summed E-state index contributed by atoms with van der Waals surface area (Å²) in [5.74, 6) is 0. The van der Waals surface area contributed by atoms with Crippen molar-refractivity contribution < 1.29 is 9.16 Å². The molecule has 0 bridgehead atoms. The molecule has 0 aromatic carbocycles. The quantitative estimate of drug-likeness (QED) is 0.422. The van der Waals surface area contributed by atoms with Gasteiger partial charge in [0, 0.05) is 7.11 Å². The van der Waals surface area contributed by atoms with Crippen LogP contribution in [0.4, 0.5) is 0 Å². The molecule has 0 aliphatic rings. The zero-order valence-corrected chi connectivity index (χ0v) is 16.7. The van der Waals surface area contributed by atoms with E-state index in [4.69, 9.17) is 9.16 Å². The van der Waals surface area contributed by atoms with E-state index in [9.17, 15) is 0 Å². The third-order valence-corrected chi connectivity index (χ3v) is 8.98. The van der Waals surface area contributed by atoms with Crippen molar-refractivity contribution in [2.45, 2.75) is 84.7 Å². The van der Waals surface area contributed by atoms with Crippen LogP contribution in [-0.4, -0.2) is 27.6 Å². The summed E-state index contributed by atoms with van der Waals surface area (Å²) in [6.07, 6.45) is 4.50. The SMILES string of the molecule is C=C(C)CC[C@H](OC)/C(C)=C/[C@@H](C)O[Si](C)(C)C(C)(C)C. The predicted octanol–water partition coefficient (Wildman–Crippen LogP) is 5.71. The van der Waals surface area contributed by atoms with E-state index in [0.717, 1.165) is 12.8 Å². The maximum absolute atomic E-state index is 6.38. The molecule has 2 nitrogen and oxygen atoms in total. The van der Waals surface area contributed by atoms with Crippen LogP contribution in [0.3, 0.4) is 0 Å². The minimum atomic E-state index is -1.72. The molecular weight excluding hydrogens is 276 g/mol. The Labute approximate surface area is 133 Å². The fourth-order valence-electron chi connectivity index (χ4n) is 2.06. The van der Waals surface area contributed by atoms with E-state index in [0.29, 0.717) is 0 Å². The molecule has 0 saturated carbocycles. The van der Waals surface area contributed by atoms with Gasteiger partial charge in [0.1, 0.15) is 0 Å². The standard InChI is InChI=1S/C18H36O2Si/c1-14(2)11-12-17(19-8)15(3)13-16(4)20-21(9,10)18(5,6)7/h13,16-17H,1,11-12H2,2-10H3/b15-13+/t16-,17+/m1/s1. The Morgan fingerprint density at radius 2 is 1.76 bits per heavy atom. The van der Waals surface area contributed by atoms with Gasteiger partial charge < -0.3 is 9.16 Å². The largest absolute Gasteiger partial charge is 0.411 e. The van der Waals surface area contributed by atoms with Gasteiger partial charge >= 0.3 is 0 Å². The number of rotatable bonds is 8. The third kappa shape index (κ3) is 7.43. The summed E-state index contributed by atoms with van der Waals surface area (Å²) in [4.78, 5) is 0. The first-order chi connectivity index (χ1) is 9.40. The van der Waals surface area contributed by atoms with Crippen molar-refractivity contribution in [3.8, 4) is 0 Å². The Balaban J connectivity index is 4.76. The van der Waals surface area contributed by atoms with Crippen LogP contribution in [0, 0.1) is 0 Å². The molecule has 21 heavy (non-hydrogen) atoms.